The lowest BCUT2D eigenvalue weighted by Gasteiger charge is -2.25. The first kappa shape index (κ1) is 38.6. The molecule has 0 fully saturated rings. The van der Waals surface area contributed by atoms with Crippen LogP contribution in [0.3, 0.4) is 0 Å². The molecule has 2 aliphatic rings. The summed E-state index contributed by atoms with van der Waals surface area (Å²) in [6, 6.07) is 11.4. The van der Waals surface area contributed by atoms with E-state index in [9.17, 15) is 39.6 Å². The van der Waals surface area contributed by atoms with E-state index in [0.29, 0.717) is 37.6 Å². The number of anilines is 4. The van der Waals surface area contributed by atoms with E-state index in [-0.39, 0.29) is 105 Å². The molecule has 8 N–H and O–H groups in total. The van der Waals surface area contributed by atoms with Crippen LogP contribution in [0.2, 0.25) is 0 Å². The highest BCUT2D eigenvalue weighted by atomic mass is 16.5. The van der Waals surface area contributed by atoms with Gasteiger partial charge in [-0.15, -0.1) is 0 Å². The molecule has 2 aliphatic carbocycles. The SMILES string of the molecule is CN(C)CCNc1ccc(O)c2c1C(=O)c1c(O)ccc(NCCOCCNc3ccc(O)c4c3C(=O)c3c(O)ccc(NCCN(C)C)c3C4=O)c1C2=O. The number of carbonyl (C=O) groups excluding carboxylic acids is 4. The summed E-state index contributed by atoms with van der Waals surface area (Å²) in [7, 11) is 7.61. The van der Waals surface area contributed by atoms with Crippen molar-refractivity contribution in [1.29, 1.82) is 0 Å². The number of nitrogens with one attached hydrogen (secondary N) is 4. The zero-order chi connectivity index (χ0) is 39.6. The summed E-state index contributed by atoms with van der Waals surface area (Å²) in [6.07, 6.45) is 0. The summed E-state index contributed by atoms with van der Waals surface area (Å²) in [5.74, 6) is -3.82. The molecule has 55 heavy (non-hydrogen) atoms. The van der Waals surface area contributed by atoms with Gasteiger partial charge in [-0.1, -0.05) is 0 Å². The van der Waals surface area contributed by atoms with Crippen LogP contribution in [0.15, 0.2) is 48.5 Å². The van der Waals surface area contributed by atoms with Gasteiger partial charge < -0.3 is 56.2 Å². The van der Waals surface area contributed by atoms with Gasteiger partial charge in [-0.2, -0.15) is 0 Å². The second-order valence-corrected chi connectivity index (χ2v) is 13.8. The lowest BCUT2D eigenvalue weighted by atomic mass is 9.81. The molecule has 288 valence electrons. The topological polar surface area (TPSA) is 213 Å². The second kappa shape index (κ2) is 16.1. The quantitative estimate of drug-likeness (QED) is 0.0525. The van der Waals surface area contributed by atoms with E-state index < -0.39 is 23.1 Å². The van der Waals surface area contributed by atoms with Gasteiger partial charge in [-0.25, -0.2) is 0 Å². The molecule has 0 spiro atoms. The van der Waals surface area contributed by atoms with Crippen molar-refractivity contribution in [3.8, 4) is 23.0 Å². The molecule has 0 bridgehead atoms. The molecule has 15 heteroatoms. The molecule has 0 saturated heterocycles. The predicted molar refractivity (Wildman–Crippen MR) is 208 cm³/mol. The minimum Gasteiger partial charge on any atom is -0.507 e. The van der Waals surface area contributed by atoms with E-state index in [4.69, 9.17) is 4.74 Å². The molecular weight excluding hydrogens is 708 g/mol. The van der Waals surface area contributed by atoms with Crippen LogP contribution in [0.25, 0.3) is 0 Å². The highest BCUT2D eigenvalue weighted by Gasteiger charge is 2.39. The molecule has 6 rings (SSSR count). The number of nitrogens with zero attached hydrogens (tertiary/aromatic N) is 2. The smallest absolute Gasteiger partial charge is 0.200 e. The number of ketones is 4. The van der Waals surface area contributed by atoms with Gasteiger partial charge in [0.05, 0.1) is 57.7 Å². The van der Waals surface area contributed by atoms with Crippen LogP contribution in [0.1, 0.15) is 63.7 Å². The fraction of sp³-hybridized carbons (Fsp3) is 0.300. The Morgan fingerprint density at radius 3 is 0.927 bits per heavy atom. The normalized spacial score (nSPS) is 13.1. The molecule has 0 saturated carbocycles. The van der Waals surface area contributed by atoms with Crippen LogP contribution >= 0.6 is 0 Å². The van der Waals surface area contributed by atoms with Crippen molar-refractivity contribution in [3.63, 3.8) is 0 Å². The average molecular weight is 753 g/mol. The highest BCUT2D eigenvalue weighted by molar-refractivity contribution is 6.34. The standard InChI is InChI=1S/C40H44N6O9/c1-45(2)17-13-41-21-5-9-25(47)33-29(21)37(51)35-27(49)11-7-23(31(35)39(33)53)43-15-19-55-20-16-44-24-8-12-28(50)36-32(24)40(54)34-26(48)10-6-22(30(34)38(36)52)42-14-18-46(3)4/h5-12,41-44,47-50H,13-20H2,1-4H3. The van der Waals surface area contributed by atoms with Crippen LogP contribution in [0, 0.1) is 0 Å². The number of phenols is 4. The van der Waals surface area contributed by atoms with Gasteiger partial charge in [0.15, 0.2) is 0 Å². The minimum atomic E-state index is -0.611. The van der Waals surface area contributed by atoms with Gasteiger partial charge in [-0.05, 0) is 76.7 Å². The molecule has 0 heterocycles. The minimum absolute atomic E-state index is 0.00104. The molecule has 4 aromatic rings. The molecular formula is C40H44N6O9. The number of benzene rings is 4. The van der Waals surface area contributed by atoms with Crippen molar-refractivity contribution in [1.82, 2.24) is 9.80 Å². The van der Waals surface area contributed by atoms with Crippen molar-refractivity contribution in [2.45, 2.75) is 0 Å². The van der Waals surface area contributed by atoms with Gasteiger partial charge in [0, 0.05) is 62.0 Å². The molecule has 0 radical (unpaired) electrons. The zero-order valence-corrected chi connectivity index (χ0v) is 31.0. The van der Waals surface area contributed by atoms with Crippen LogP contribution < -0.4 is 21.3 Å². The van der Waals surface area contributed by atoms with Gasteiger partial charge >= 0.3 is 0 Å². The number of hydrogen-bond donors (Lipinski definition) is 8. The van der Waals surface area contributed by atoms with Crippen molar-refractivity contribution in [2.24, 2.45) is 0 Å². The Morgan fingerprint density at radius 1 is 0.418 bits per heavy atom. The Kier molecular flexibility index (Phi) is 11.3. The van der Waals surface area contributed by atoms with Gasteiger partial charge in [0.1, 0.15) is 23.0 Å². The third kappa shape index (κ3) is 7.49. The van der Waals surface area contributed by atoms with Crippen molar-refractivity contribution in [3.05, 3.63) is 93.0 Å². The van der Waals surface area contributed by atoms with Gasteiger partial charge in [0.25, 0.3) is 0 Å². The van der Waals surface area contributed by atoms with Crippen LogP contribution in [0.4, 0.5) is 22.7 Å². The number of aromatic hydroxyl groups is 4. The summed E-state index contributed by atoms with van der Waals surface area (Å²) < 4.78 is 5.77. The number of phenolic OH excluding ortho intramolecular Hbond substituents is 4. The first-order valence-corrected chi connectivity index (χ1v) is 17.8. The number of carbonyl (C=O) groups is 4. The van der Waals surface area contributed by atoms with Gasteiger partial charge in [0.2, 0.25) is 23.1 Å². The van der Waals surface area contributed by atoms with E-state index in [1.807, 2.05) is 38.0 Å². The Labute approximate surface area is 317 Å². The Balaban J connectivity index is 1.10. The third-order valence-corrected chi connectivity index (χ3v) is 9.42. The molecule has 0 unspecified atom stereocenters. The van der Waals surface area contributed by atoms with E-state index in [2.05, 4.69) is 21.3 Å². The number of ether oxygens (including phenoxy) is 1. The Morgan fingerprint density at radius 2 is 0.673 bits per heavy atom. The molecule has 0 aliphatic heterocycles. The van der Waals surface area contributed by atoms with Gasteiger partial charge in [-0.3, -0.25) is 19.2 Å². The Bertz CT molecular complexity index is 2050. The summed E-state index contributed by atoms with van der Waals surface area (Å²) in [4.78, 5) is 59.0. The second-order valence-electron chi connectivity index (χ2n) is 13.8. The van der Waals surface area contributed by atoms with E-state index in [1.54, 1.807) is 0 Å². The lowest BCUT2D eigenvalue weighted by Crippen LogP contribution is -2.27. The van der Waals surface area contributed by atoms with Crippen molar-refractivity contribution < 1.29 is 44.3 Å². The monoisotopic (exact) mass is 752 g/mol. The maximum atomic E-state index is 13.8. The number of hydrogen-bond acceptors (Lipinski definition) is 15. The summed E-state index contributed by atoms with van der Waals surface area (Å²) in [5, 5.41) is 55.3. The van der Waals surface area contributed by atoms with E-state index in [0.717, 1.165) is 0 Å². The molecule has 15 nitrogen and oxygen atoms in total. The first-order valence-electron chi connectivity index (χ1n) is 17.8. The van der Waals surface area contributed by atoms with Crippen LogP contribution in [0.5, 0.6) is 23.0 Å². The zero-order valence-electron chi connectivity index (χ0n) is 31.0. The maximum absolute atomic E-state index is 13.8. The summed E-state index contributed by atoms with van der Waals surface area (Å²) >= 11 is 0. The number of fused-ring (bicyclic) bond motifs is 4. The largest absolute Gasteiger partial charge is 0.507 e. The van der Waals surface area contributed by atoms with E-state index >= 15 is 0 Å². The number of likely N-dealkylation sites (N-methyl/N-ethyl adjacent to an activating group) is 2. The molecule has 0 atom stereocenters. The van der Waals surface area contributed by atoms with Crippen LogP contribution in [-0.4, -0.2) is 134 Å². The maximum Gasteiger partial charge on any atom is 0.200 e. The Hall–Kier alpha value is -6.16. The summed E-state index contributed by atoms with van der Waals surface area (Å²) in [5.41, 5.74) is 0.596. The lowest BCUT2D eigenvalue weighted by molar-refractivity contribution is 0.0975. The third-order valence-electron chi connectivity index (χ3n) is 9.42. The number of rotatable bonds is 16. The fourth-order valence-corrected chi connectivity index (χ4v) is 6.76. The van der Waals surface area contributed by atoms with Crippen LogP contribution in [-0.2, 0) is 4.74 Å². The molecule has 0 amide bonds. The highest BCUT2D eigenvalue weighted by Crippen LogP contribution is 2.44. The average Bonchev–Trinajstić information content (AvgIpc) is 3.13. The van der Waals surface area contributed by atoms with Crippen molar-refractivity contribution >= 4 is 45.9 Å². The summed E-state index contributed by atoms with van der Waals surface area (Å²) in [6.45, 7) is 2.97. The fourth-order valence-electron chi connectivity index (χ4n) is 6.76. The molecule has 4 aromatic carbocycles. The van der Waals surface area contributed by atoms with E-state index in [1.165, 1.54) is 48.5 Å². The molecule has 0 aromatic heterocycles. The first-order chi connectivity index (χ1) is 26.3. The predicted octanol–water partition coefficient (Wildman–Crippen LogP) is 3.55. The van der Waals surface area contributed by atoms with Crippen molar-refractivity contribution in [2.75, 3.05) is 102 Å².